The fraction of sp³-hybridized carbons (Fsp3) is 0.682. The summed E-state index contributed by atoms with van der Waals surface area (Å²) >= 11 is 0. The zero-order chi connectivity index (χ0) is 17.9. The maximum atomic E-state index is 12.5. The van der Waals surface area contributed by atoms with Gasteiger partial charge in [0, 0.05) is 19.2 Å². The monoisotopic (exact) mass is 356 g/mol. The summed E-state index contributed by atoms with van der Waals surface area (Å²) in [6, 6.07) is 8.60. The van der Waals surface area contributed by atoms with Gasteiger partial charge in [0.25, 0.3) is 0 Å². The van der Waals surface area contributed by atoms with Crippen LogP contribution in [0.5, 0.6) is 0 Å². The van der Waals surface area contributed by atoms with E-state index >= 15 is 0 Å². The standard InChI is InChI=1S/C22H32N2O2/c1-2-7-26-14-18-6-4-3-5-17(18)13-23-22(25)24-21-19-9-15-8-16(11-19)12-20(21)10-15/h3-6,15-16,19-21H,2,7-14H2,1H3,(H2,23,24,25). The Labute approximate surface area is 157 Å². The summed E-state index contributed by atoms with van der Waals surface area (Å²) in [5.41, 5.74) is 2.31. The fourth-order valence-corrected chi connectivity index (χ4v) is 5.74. The van der Waals surface area contributed by atoms with Crippen LogP contribution in [0, 0.1) is 23.7 Å². The predicted octanol–water partition coefficient (Wildman–Crippen LogP) is 4.24. The van der Waals surface area contributed by atoms with Gasteiger partial charge >= 0.3 is 6.03 Å². The summed E-state index contributed by atoms with van der Waals surface area (Å²) < 4.78 is 5.67. The van der Waals surface area contributed by atoms with E-state index in [4.69, 9.17) is 4.74 Å². The van der Waals surface area contributed by atoms with Crippen LogP contribution in [-0.2, 0) is 17.9 Å². The van der Waals surface area contributed by atoms with E-state index in [1.165, 1.54) is 32.1 Å². The molecule has 5 rings (SSSR count). The lowest BCUT2D eigenvalue weighted by Crippen LogP contribution is -2.57. The Balaban J connectivity index is 1.29. The highest BCUT2D eigenvalue weighted by Gasteiger charge is 2.48. The maximum absolute atomic E-state index is 12.5. The molecule has 4 bridgehead atoms. The minimum Gasteiger partial charge on any atom is -0.377 e. The average molecular weight is 357 g/mol. The number of ether oxygens (including phenoxy) is 1. The maximum Gasteiger partial charge on any atom is 0.315 e. The first-order chi connectivity index (χ1) is 12.7. The van der Waals surface area contributed by atoms with E-state index in [0.29, 0.717) is 31.0 Å². The smallest absolute Gasteiger partial charge is 0.315 e. The third kappa shape index (κ3) is 3.90. The third-order valence-corrected chi connectivity index (χ3v) is 6.69. The van der Waals surface area contributed by atoms with E-state index in [2.05, 4.69) is 29.7 Å². The highest BCUT2D eigenvalue weighted by Crippen LogP contribution is 2.53. The quantitative estimate of drug-likeness (QED) is 0.718. The van der Waals surface area contributed by atoms with Crippen molar-refractivity contribution in [2.75, 3.05) is 6.61 Å². The lowest BCUT2D eigenvalue weighted by molar-refractivity contribution is -0.00942. The molecule has 0 radical (unpaired) electrons. The summed E-state index contributed by atoms with van der Waals surface area (Å²) in [5.74, 6) is 3.31. The highest BCUT2D eigenvalue weighted by atomic mass is 16.5. The summed E-state index contributed by atoms with van der Waals surface area (Å²) in [4.78, 5) is 12.5. The largest absolute Gasteiger partial charge is 0.377 e. The number of carbonyl (C=O) groups excluding carboxylic acids is 1. The molecule has 4 aliphatic carbocycles. The fourth-order valence-electron chi connectivity index (χ4n) is 5.74. The van der Waals surface area contributed by atoms with Crippen LogP contribution < -0.4 is 10.6 Å². The Kier molecular flexibility index (Phi) is 5.49. The molecule has 0 atom stereocenters. The van der Waals surface area contributed by atoms with Crippen LogP contribution in [0.25, 0.3) is 0 Å². The van der Waals surface area contributed by atoms with Gasteiger partial charge in [0.1, 0.15) is 0 Å². The summed E-state index contributed by atoms with van der Waals surface area (Å²) in [6.07, 6.45) is 7.78. The van der Waals surface area contributed by atoms with Crippen molar-refractivity contribution in [3.05, 3.63) is 35.4 Å². The summed E-state index contributed by atoms with van der Waals surface area (Å²) in [5, 5.41) is 6.41. The molecule has 0 aliphatic heterocycles. The molecule has 4 heteroatoms. The van der Waals surface area contributed by atoms with Crippen molar-refractivity contribution >= 4 is 6.03 Å². The molecule has 26 heavy (non-hydrogen) atoms. The number of benzene rings is 1. The molecule has 0 aromatic heterocycles. The van der Waals surface area contributed by atoms with Crippen LogP contribution in [0.3, 0.4) is 0 Å². The van der Waals surface area contributed by atoms with E-state index in [9.17, 15) is 4.79 Å². The Morgan fingerprint density at radius 2 is 1.69 bits per heavy atom. The Morgan fingerprint density at radius 1 is 1.04 bits per heavy atom. The lowest BCUT2D eigenvalue weighted by atomic mass is 9.54. The first-order valence-corrected chi connectivity index (χ1v) is 10.4. The second kappa shape index (κ2) is 7.99. The van der Waals surface area contributed by atoms with E-state index in [1.807, 2.05) is 12.1 Å². The van der Waals surface area contributed by atoms with Crippen molar-refractivity contribution in [3.63, 3.8) is 0 Å². The van der Waals surface area contributed by atoms with Crippen molar-refractivity contribution in [2.45, 2.75) is 64.6 Å². The number of rotatable bonds is 7. The highest BCUT2D eigenvalue weighted by molar-refractivity contribution is 5.74. The number of urea groups is 1. The van der Waals surface area contributed by atoms with Gasteiger partial charge in [-0.15, -0.1) is 0 Å². The second-order valence-corrected chi connectivity index (χ2v) is 8.60. The molecular formula is C22H32N2O2. The molecule has 2 N–H and O–H groups in total. The molecule has 0 heterocycles. The second-order valence-electron chi connectivity index (χ2n) is 8.60. The number of amides is 2. The van der Waals surface area contributed by atoms with Gasteiger partial charge in [-0.05, 0) is 73.3 Å². The van der Waals surface area contributed by atoms with Gasteiger partial charge in [0.15, 0.2) is 0 Å². The van der Waals surface area contributed by atoms with Crippen molar-refractivity contribution in [3.8, 4) is 0 Å². The average Bonchev–Trinajstić information content (AvgIpc) is 2.63. The molecule has 0 spiro atoms. The molecule has 2 amide bonds. The molecular weight excluding hydrogens is 324 g/mol. The van der Waals surface area contributed by atoms with E-state index in [-0.39, 0.29) is 6.03 Å². The van der Waals surface area contributed by atoms with Crippen molar-refractivity contribution in [1.29, 1.82) is 0 Å². The van der Waals surface area contributed by atoms with E-state index < -0.39 is 0 Å². The first kappa shape index (κ1) is 17.8. The van der Waals surface area contributed by atoms with Gasteiger partial charge in [-0.1, -0.05) is 31.2 Å². The number of nitrogens with one attached hydrogen (secondary N) is 2. The zero-order valence-electron chi connectivity index (χ0n) is 15.9. The van der Waals surface area contributed by atoms with E-state index in [1.54, 1.807) is 0 Å². The van der Waals surface area contributed by atoms with Crippen LogP contribution in [0.2, 0.25) is 0 Å². The Hall–Kier alpha value is -1.55. The topological polar surface area (TPSA) is 50.4 Å². The Morgan fingerprint density at radius 3 is 2.35 bits per heavy atom. The predicted molar refractivity (Wildman–Crippen MR) is 103 cm³/mol. The van der Waals surface area contributed by atoms with Gasteiger partial charge in [-0.25, -0.2) is 4.79 Å². The van der Waals surface area contributed by atoms with Crippen LogP contribution in [-0.4, -0.2) is 18.7 Å². The van der Waals surface area contributed by atoms with Gasteiger partial charge in [0.2, 0.25) is 0 Å². The molecule has 4 fully saturated rings. The normalized spacial score (nSPS) is 31.8. The van der Waals surface area contributed by atoms with Gasteiger partial charge < -0.3 is 15.4 Å². The minimum absolute atomic E-state index is 0.00764. The number of carbonyl (C=O) groups is 1. The first-order valence-electron chi connectivity index (χ1n) is 10.4. The van der Waals surface area contributed by atoms with Crippen LogP contribution in [0.1, 0.15) is 56.6 Å². The molecule has 1 aromatic carbocycles. The Bertz CT molecular complexity index is 602. The zero-order valence-corrected chi connectivity index (χ0v) is 15.9. The van der Waals surface area contributed by atoms with Crippen molar-refractivity contribution in [2.24, 2.45) is 23.7 Å². The number of hydrogen-bond acceptors (Lipinski definition) is 2. The van der Waals surface area contributed by atoms with Crippen LogP contribution in [0.4, 0.5) is 4.79 Å². The summed E-state index contributed by atoms with van der Waals surface area (Å²) in [6.45, 7) is 4.06. The van der Waals surface area contributed by atoms with Gasteiger partial charge in [-0.2, -0.15) is 0 Å². The van der Waals surface area contributed by atoms with Crippen LogP contribution in [0.15, 0.2) is 24.3 Å². The SMILES string of the molecule is CCCOCc1ccccc1CNC(=O)NC1C2CC3CC(C2)CC1C3. The van der Waals surface area contributed by atoms with Gasteiger partial charge in [0.05, 0.1) is 6.61 Å². The third-order valence-electron chi connectivity index (χ3n) is 6.69. The van der Waals surface area contributed by atoms with E-state index in [0.717, 1.165) is 36.0 Å². The van der Waals surface area contributed by atoms with Crippen molar-refractivity contribution < 1.29 is 9.53 Å². The number of hydrogen-bond donors (Lipinski definition) is 2. The lowest BCUT2D eigenvalue weighted by Gasteiger charge is -2.54. The molecule has 4 nitrogen and oxygen atoms in total. The van der Waals surface area contributed by atoms with Crippen molar-refractivity contribution in [1.82, 2.24) is 10.6 Å². The molecule has 142 valence electrons. The molecule has 4 saturated carbocycles. The summed E-state index contributed by atoms with van der Waals surface area (Å²) in [7, 11) is 0. The molecule has 1 aromatic rings. The molecule has 0 unspecified atom stereocenters. The molecule has 4 aliphatic rings. The minimum atomic E-state index is -0.00764. The van der Waals surface area contributed by atoms with Gasteiger partial charge in [-0.3, -0.25) is 0 Å². The molecule has 0 saturated heterocycles. The van der Waals surface area contributed by atoms with Crippen LogP contribution >= 0.6 is 0 Å².